The standard InChI is InChI=1S/C18H28N4O3/c1-3-5-6-7-8-13(15-11-24-18(25-15)23-4-2)22-12-21-16-14(22)9-10-20-17(16)19/h9-10,12-13,15,18H,3-8,11H2,1-2H3,(H2,19,20)/t13-,15+,18?/m1/s1. The number of aromatic nitrogens is 3. The first-order valence-corrected chi connectivity index (χ1v) is 9.20. The average Bonchev–Trinajstić information content (AvgIpc) is 3.24. The van der Waals surface area contributed by atoms with Crippen LogP contribution in [0.3, 0.4) is 0 Å². The van der Waals surface area contributed by atoms with Crippen LogP contribution in [0.5, 0.6) is 0 Å². The number of nitrogens with two attached hydrogens (primary N) is 1. The van der Waals surface area contributed by atoms with Crippen LogP contribution < -0.4 is 5.73 Å². The fourth-order valence-corrected chi connectivity index (χ4v) is 3.35. The number of imidazole rings is 1. The molecule has 3 atom stereocenters. The van der Waals surface area contributed by atoms with Crippen LogP contribution in [0.25, 0.3) is 11.0 Å². The third-order valence-corrected chi connectivity index (χ3v) is 4.65. The molecule has 2 aromatic heterocycles. The molecule has 1 fully saturated rings. The van der Waals surface area contributed by atoms with Gasteiger partial charge >= 0.3 is 0 Å². The van der Waals surface area contributed by atoms with Gasteiger partial charge in [0.1, 0.15) is 11.6 Å². The molecule has 0 amide bonds. The lowest BCUT2D eigenvalue weighted by Crippen LogP contribution is -2.27. The summed E-state index contributed by atoms with van der Waals surface area (Å²) in [4.78, 5) is 8.58. The van der Waals surface area contributed by atoms with Gasteiger partial charge in [0.15, 0.2) is 5.82 Å². The zero-order chi connectivity index (χ0) is 17.6. The van der Waals surface area contributed by atoms with Crippen LogP contribution in [-0.4, -0.2) is 40.3 Å². The number of nitrogens with zero attached hydrogens (tertiary/aromatic N) is 3. The molecule has 138 valence electrons. The van der Waals surface area contributed by atoms with Crippen molar-refractivity contribution in [1.29, 1.82) is 0 Å². The quantitative estimate of drug-likeness (QED) is 0.700. The van der Waals surface area contributed by atoms with E-state index >= 15 is 0 Å². The summed E-state index contributed by atoms with van der Waals surface area (Å²) in [7, 11) is 0. The van der Waals surface area contributed by atoms with Gasteiger partial charge in [-0.2, -0.15) is 0 Å². The van der Waals surface area contributed by atoms with Crippen molar-refractivity contribution in [2.75, 3.05) is 18.9 Å². The molecular formula is C18H28N4O3. The number of hydrogen-bond donors (Lipinski definition) is 1. The molecule has 25 heavy (non-hydrogen) atoms. The highest BCUT2D eigenvalue weighted by Crippen LogP contribution is 2.31. The molecule has 3 heterocycles. The number of nitrogen functional groups attached to an aromatic ring is 1. The molecule has 0 radical (unpaired) electrons. The molecule has 7 nitrogen and oxygen atoms in total. The number of fused-ring (bicyclic) bond motifs is 1. The smallest absolute Gasteiger partial charge is 0.272 e. The minimum atomic E-state index is -0.574. The fraction of sp³-hybridized carbons (Fsp3) is 0.667. The van der Waals surface area contributed by atoms with Crippen molar-refractivity contribution in [3.05, 3.63) is 18.6 Å². The second-order valence-corrected chi connectivity index (χ2v) is 6.38. The Kier molecular flexibility index (Phi) is 6.23. The zero-order valence-electron chi connectivity index (χ0n) is 15.1. The summed E-state index contributed by atoms with van der Waals surface area (Å²) in [5.41, 5.74) is 7.68. The van der Waals surface area contributed by atoms with E-state index in [-0.39, 0.29) is 12.1 Å². The van der Waals surface area contributed by atoms with Gasteiger partial charge in [-0.05, 0) is 19.4 Å². The van der Waals surface area contributed by atoms with E-state index in [1.54, 1.807) is 6.20 Å². The lowest BCUT2D eigenvalue weighted by molar-refractivity contribution is -0.237. The van der Waals surface area contributed by atoms with Crippen LogP contribution in [0.4, 0.5) is 5.82 Å². The number of unbranched alkanes of at least 4 members (excludes halogenated alkanes) is 3. The Balaban J connectivity index is 1.81. The number of ether oxygens (including phenoxy) is 3. The zero-order valence-corrected chi connectivity index (χ0v) is 15.1. The Morgan fingerprint density at radius 1 is 1.32 bits per heavy atom. The van der Waals surface area contributed by atoms with E-state index in [1.807, 2.05) is 19.3 Å². The highest BCUT2D eigenvalue weighted by molar-refractivity contribution is 5.84. The largest absolute Gasteiger partial charge is 0.382 e. The van der Waals surface area contributed by atoms with Gasteiger partial charge in [0.05, 0.1) is 24.5 Å². The highest BCUT2D eigenvalue weighted by atomic mass is 16.9. The van der Waals surface area contributed by atoms with E-state index in [1.165, 1.54) is 19.3 Å². The molecule has 1 aliphatic rings. The lowest BCUT2D eigenvalue weighted by Gasteiger charge is -2.24. The summed E-state index contributed by atoms with van der Waals surface area (Å²) in [6.07, 6.45) is 9.31. The van der Waals surface area contributed by atoms with E-state index in [4.69, 9.17) is 19.9 Å². The van der Waals surface area contributed by atoms with E-state index in [9.17, 15) is 0 Å². The van der Waals surface area contributed by atoms with E-state index in [0.717, 1.165) is 23.9 Å². The summed E-state index contributed by atoms with van der Waals surface area (Å²) >= 11 is 0. The van der Waals surface area contributed by atoms with Gasteiger partial charge in [0.2, 0.25) is 0 Å². The minimum absolute atomic E-state index is 0.0648. The molecule has 0 aromatic carbocycles. The Morgan fingerprint density at radius 2 is 2.20 bits per heavy atom. The first-order valence-electron chi connectivity index (χ1n) is 9.20. The number of pyridine rings is 1. The maximum atomic E-state index is 5.98. The maximum absolute atomic E-state index is 5.98. The Labute approximate surface area is 148 Å². The van der Waals surface area contributed by atoms with Gasteiger partial charge in [-0.1, -0.05) is 32.6 Å². The third-order valence-electron chi connectivity index (χ3n) is 4.65. The van der Waals surface area contributed by atoms with Crippen LogP contribution in [-0.2, 0) is 14.2 Å². The van der Waals surface area contributed by atoms with Crippen molar-refractivity contribution in [3.8, 4) is 0 Å². The molecule has 0 saturated carbocycles. The van der Waals surface area contributed by atoms with Gasteiger partial charge in [0.25, 0.3) is 6.48 Å². The number of rotatable bonds is 9. The van der Waals surface area contributed by atoms with E-state index in [0.29, 0.717) is 19.0 Å². The molecule has 0 spiro atoms. The topological polar surface area (TPSA) is 84.4 Å². The second kappa shape index (κ2) is 8.60. The normalized spacial score (nSPS) is 21.8. The van der Waals surface area contributed by atoms with Crippen molar-refractivity contribution < 1.29 is 14.2 Å². The summed E-state index contributed by atoms with van der Waals surface area (Å²) < 4.78 is 19.2. The van der Waals surface area contributed by atoms with Crippen molar-refractivity contribution >= 4 is 16.9 Å². The molecule has 0 aliphatic carbocycles. The molecule has 0 bridgehead atoms. The van der Waals surface area contributed by atoms with Gasteiger partial charge in [0, 0.05) is 12.8 Å². The van der Waals surface area contributed by atoms with Crippen molar-refractivity contribution in [1.82, 2.24) is 14.5 Å². The first kappa shape index (κ1) is 18.1. The van der Waals surface area contributed by atoms with Crippen molar-refractivity contribution in [2.24, 2.45) is 0 Å². The molecule has 3 rings (SSSR count). The SMILES string of the molecule is CCCCCC[C@H]([C@@H]1COC(OCC)O1)n1cnc2c(N)nccc21. The summed E-state index contributed by atoms with van der Waals surface area (Å²) in [6.45, 7) is 4.66. The third kappa shape index (κ3) is 4.11. The molecule has 1 unspecified atom stereocenters. The molecule has 7 heteroatoms. The van der Waals surface area contributed by atoms with Crippen molar-refractivity contribution in [3.63, 3.8) is 0 Å². The van der Waals surface area contributed by atoms with Gasteiger partial charge < -0.3 is 24.5 Å². The van der Waals surface area contributed by atoms with Crippen LogP contribution in [0.2, 0.25) is 0 Å². The van der Waals surface area contributed by atoms with Gasteiger partial charge in [-0.3, -0.25) is 0 Å². The Morgan fingerprint density at radius 3 is 3.00 bits per heavy atom. The van der Waals surface area contributed by atoms with Crippen LogP contribution in [0, 0.1) is 0 Å². The summed E-state index contributed by atoms with van der Waals surface area (Å²) in [5, 5.41) is 0. The second-order valence-electron chi connectivity index (χ2n) is 6.38. The average molecular weight is 348 g/mol. The molecule has 2 aromatic rings. The fourth-order valence-electron chi connectivity index (χ4n) is 3.35. The molecule has 1 saturated heterocycles. The minimum Gasteiger partial charge on any atom is -0.382 e. The first-order chi connectivity index (χ1) is 12.2. The number of anilines is 1. The summed E-state index contributed by atoms with van der Waals surface area (Å²) in [5.74, 6) is 0.455. The Bertz CT molecular complexity index is 675. The molecule has 2 N–H and O–H groups in total. The van der Waals surface area contributed by atoms with Gasteiger partial charge in [-0.25, -0.2) is 9.97 Å². The lowest BCUT2D eigenvalue weighted by atomic mass is 10.0. The monoisotopic (exact) mass is 348 g/mol. The maximum Gasteiger partial charge on any atom is 0.272 e. The van der Waals surface area contributed by atoms with E-state index in [2.05, 4.69) is 21.5 Å². The van der Waals surface area contributed by atoms with E-state index < -0.39 is 6.48 Å². The van der Waals surface area contributed by atoms with Crippen molar-refractivity contribution in [2.45, 2.75) is 64.6 Å². The predicted molar refractivity (Wildman–Crippen MR) is 96.0 cm³/mol. The summed E-state index contributed by atoms with van der Waals surface area (Å²) in [6, 6.07) is 2.09. The Hall–Kier alpha value is -1.70. The predicted octanol–water partition coefficient (Wildman–Crippen LogP) is 3.26. The van der Waals surface area contributed by atoms with Crippen LogP contribution in [0.15, 0.2) is 18.6 Å². The van der Waals surface area contributed by atoms with Gasteiger partial charge in [-0.15, -0.1) is 0 Å². The number of hydrogen-bond acceptors (Lipinski definition) is 6. The van der Waals surface area contributed by atoms with Crippen LogP contribution in [0.1, 0.15) is 52.0 Å². The highest BCUT2D eigenvalue weighted by Gasteiger charge is 2.34. The molecule has 1 aliphatic heterocycles. The molecular weight excluding hydrogens is 320 g/mol. The van der Waals surface area contributed by atoms with Crippen LogP contribution >= 0.6 is 0 Å².